The van der Waals surface area contributed by atoms with Crippen molar-refractivity contribution in [2.75, 3.05) is 11.6 Å². The molecule has 1 fully saturated rings. The van der Waals surface area contributed by atoms with Gasteiger partial charge in [-0.05, 0) is 38.8 Å². The zero-order valence-electron chi connectivity index (χ0n) is 19.2. The molecule has 3 aromatic rings. The molecule has 0 aliphatic heterocycles. The maximum Gasteiger partial charge on any atom is 0.314 e. The molecular weight excluding hydrogens is 481 g/mol. The number of aryl methyl sites for hydroxylation is 1. The normalized spacial score (nSPS) is 15.9. The smallest absolute Gasteiger partial charge is 0.314 e. The zero-order valence-corrected chi connectivity index (χ0v) is 20.0. The van der Waals surface area contributed by atoms with E-state index in [1.165, 1.54) is 24.4 Å². The van der Waals surface area contributed by atoms with Gasteiger partial charge in [-0.15, -0.1) is 0 Å². The highest BCUT2D eigenvalue weighted by Gasteiger charge is 2.51. The van der Waals surface area contributed by atoms with E-state index in [0.29, 0.717) is 16.7 Å². The molecule has 0 saturated heterocycles. The Labute approximate surface area is 200 Å². The van der Waals surface area contributed by atoms with Gasteiger partial charge in [0.1, 0.15) is 17.5 Å². The summed E-state index contributed by atoms with van der Waals surface area (Å²) in [4.78, 5) is 12.4. The molecule has 1 aliphatic carbocycles. The molecule has 1 atom stereocenters. The lowest BCUT2D eigenvalue weighted by Gasteiger charge is -2.29. The van der Waals surface area contributed by atoms with Crippen molar-refractivity contribution in [3.05, 3.63) is 53.2 Å². The summed E-state index contributed by atoms with van der Waals surface area (Å²) in [6.45, 7) is 2.24. The Kier molecular flexibility index (Phi) is 6.23. The molecule has 1 unspecified atom stereocenters. The zero-order chi connectivity index (χ0) is 25.6. The minimum atomic E-state index is -3.97. The van der Waals surface area contributed by atoms with Gasteiger partial charge < -0.3 is 10.4 Å². The number of nitrogens with one attached hydrogen (secondary N) is 1. The van der Waals surface area contributed by atoms with Crippen molar-refractivity contribution in [1.82, 2.24) is 15.0 Å². The fourth-order valence-electron chi connectivity index (χ4n) is 3.42. The third kappa shape index (κ3) is 5.09. The topological polar surface area (TPSA) is 105 Å². The van der Waals surface area contributed by atoms with Crippen LogP contribution in [0.3, 0.4) is 0 Å². The Bertz CT molecular complexity index is 1480. The number of pyridine rings is 1. The monoisotopic (exact) mass is 504 g/mol. The molecule has 0 spiro atoms. The second-order valence-electron chi connectivity index (χ2n) is 8.75. The van der Waals surface area contributed by atoms with E-state index in [1.54, 1.807) is 6.92 Å². The van der Waals surface area contributed by atoms with Crippen LogP contribution in [0.25, 0.3) is 10.9 Å². The van der Waals surface area contributed by atoms with Crippen LogP contribution in [-0.2, 0) is 22.3 Å². The Morgan fingerprint density at radius 1 is 1.26 bits per heavy atom. The molecule has 35 heavy (non-hydrogen) atoms. The van der Waals surface area contributed by atoms with Crippen LogP contribution in [0.2, 0.25) is 0 Å². The SMILES string of the molecule is Cc1nc(NCc2cccc(C(F)(F)C(C)(O)C#CC3CC3)c2F)c2cc(S(C)(=O)=O)ncc2n1. The molecule has 7 nitrogen and oxygen atoms in total. The summed E-state index contributed by atoms with van der Waals surface area (Å²) in [5, 5.41) is 13.4. The van der Waals surface area contributed by atoms with E-state index in [4.69, 9.17) is 0 Å². The number of hydrogen-bond acceptors (Lipinski definition) is 7. The van der Waals surface area contributed by atoms with Gasteiger partial charge in [0.15, 0.2) is 20.5 Å². The number of nitrogens with zero attached hydrogens (tertiary/aromatic N) is 3. The lowest BCUT2D eigenvalue weighted by atomic mass is 9.90. The molecule has 11 heteroatoms. The van der Waals surface area contributed by atoms with Gasteiger partial charge in [-0.1, -0.05) is 24.0 Å². The predicted octanol–water partition coefficient (Wildman–Crippen LogP) is 3.74. The van der Waals surface area contributed by atoms with Crippen molar-refractivity contribution in [2.45, 2.75) is 49.8 Å². The highest BCUT2D eigenvalue weighted by atomic mass is 32.2. The highest BCUT2D eigenvalue weighted by molar-refractivity contribution is 7.90. The van der Waals surface area contributed by atoms with Crippen LogP contribution in [0.4, 0.5) is 19.0 Å². The van der Waals surface area contributed by atoms with Gasteiger partial charge in [0.2, 0.25) is 0 Å². The third-order valence-corrected chi connectivity index (χ3v) is 6.60. The molecule has 1 aromatic carbocycles. The van der Waals surface area contributed by atoms with Gasteiger partial charge in [0.25, 0.3) is 0 Å². The van der Waals surface area contributed by atoms with Crippen molar-refractivity contribution in [1.29, 1.82) is 0 Å². The molecule has 2 heterocycles. The first-order valence-corrected chi connectivity index (χ1v) is 12.7. The first-order valence-electron chi connectivity index (χ1n) is 10.8. The number of benzene rings is 1. The first-order chi connectivity index (χ1) is 16.3. The standard InChI is InChI=1S/C24H23F3N4O3S/c1-14-30-19-13-28-20(35(3,33)34)11-17(19)22(31-14)29-12-16-5-4-6-18(21(16)25)24(26,27)23(2,32)10-9-15-7-8-15/h4-6,11,13,15,32H,7-8,12H2,1-3H3,(H,29,30,31). The van der Waals surface area contributed by atoms with Crippen LogP contribution in [0.1, 0.15) is 36.7 Å². The molecule has 1 aliphatic rings. The van der Waals surface area contributed by atoms with Crippen LogP contribution >= 0.6 is 0 Å². The summed E-state index contributed by atoms with van der Waals surface area (Å²) in [6, 6.07) is 4.80. The lowest BCUT2D eigenvalue weighted by Crippen LogP contribution is -2.42. The van der Waals surface area contributed by atoms with Crippen LogP contribution < -0.4 is 5.32 Å². The van der Waals surface area contributed by atoms with Crippen molar-refractivity contribution in [3.8, 4) is 11.8 Å². The van der Waals surface area contributed by atoms with Crippen LogP contribution in [0.5, 0.6) is 0 Å². The van der Waals surface area contributed by atoms with Crippen molar-refractivity contribution < 1.29 is 26.7 Å². The fourth-order valence-corrected chi connectivity index (χ4v) is 3.99. The molecule has 0 bridgehead atoms. The Morgan fingerprint density at radius 2 is 1.97 bits per heavy atom. The summed E-state index contributed by atoms with van der Waals surface area (Å²) in [5.41, 5.74) is -3.47. The molecular formula is C24H23F3N4O3S. The van der Waals surface area contributed by atoms with Crippen molar-refractivity contribution in [3.63, 3.8) is 0 Å². The maximum atomic E-state index is 15.2. The van der Waals surface area contributed by atoms with Gasteiger partial charge in [-0.25, -0.2) is 27.8 Å². The Hall–Kier alpha value is -3.23. The molecule has 4 rings (SSSR count). The number of halogens is 3. The Balaban J connectivity index is 1.66. The number of alkyl halides is 2. The van der Waals surface area contributed by atoms with E-state index < -0.39 is 32.7 Å². The van der Waals surface area contributed by atoms with E-state index >= 15 is 13.2 Å². The number of anilines is 1. The van der Waals surface area contributed by atoms with Gasteiger partial charge in [0.05, 0.1) is 17.3 Å². The highest BCUT2D eigenvalue weighted by Crippen LogP contribution is 2.41. The molecule has 2 N–H and O–H groups in total. The minimum absolute atomic E-state index is 0.0118. The average Bonchev–Trinajstić information content (AvgIpc) is 3.60. The summed E-state index contributed by atoms with van der Waals surface area (Å²) >= 11 is 0. The molecule has 184 valence electrons. The average molecular weight is 505 g/mol. The predicted molar refractivity (Wildman–Crippen MR) is 124 cm³/mol. The number of hydrogen-bond donors (Lipinski definition) is 2. The second kappa shape index (κ2) is 8.77. The number of aliphatic hydroxyl groups is 1. The molecule has 1 saturated carbocycles. The summed E-state index contributed by atoms with van der Waals surface area (Å²) < 4.78 is 69.3. The molecule has 0 radical (unpaired) electrons. The van der Waals surface area contributed by atoms with Crippen LogP contribution in [-0.4, -0.2) is 40.3 Å². The van der Waals surface area contributed by atoms with E-state index in [9.17, 15) is 13.5 Å². The van der Waals surface area contributed by atoms with Crippen molar-refractivity contribution in [2.24, 2.45) is 5.92 Å². The van der Waals surface area contributed by atoms with Crippen LogP contribution in [0, 0.1) is 30.5 Å². The quantitative estimate of drug-likeness (QED) is 0.493. The van der Waals surface area contributed by atoms with Crippen LogP contribution in [0.15, 0.2) is 35.5 Å². The number of rotatable bonds is 6. The lowest BCUT2D eigenvalue weighted by molar-refractivity contribution is -0.148. The summed E-state index contributed by atoms with van der Waals surface area (Å²) in [7, 11) is -3.61. The van der Waals surface area contributed by atoms with E-state index in [0.717, 1.165) is 32.1 Å². The summed E-state index contributed by atoms with van der Waals surface area (Å²) in [6.07, 6.45) is 3.89. The van der Waals surface area contributed by atoms with E-state index in [1.807, 2.05) is 0 Å². The first kappa shape index (κ1) is 24.9. The van der Waals surface area contributed by atoms with Gasteiger partial charge in [0, 0.05) is 29.7 Å². The maximum absolute atomic E-state index is 15.2. The van der Waals surface area contributed by atoms with Crippen molar-refractivity contribution >= 4 is 26.6 Å². The largest absolute Gasteiger partial charge is 0.372 e. The van der Waals surface area contributed by atoms with Gasteiger partial charge >= 0.3 is 5.92 Å². The Morgan fingerprint density at radius 3 is 2.63 bits per heavy atom. The minimum Gasteiger partial charge on any atom is -0.372 e. The van der Waals surface area contributed by atoms with Gasteiger partial charge in [-0.2, -0.15) is 8.78 Å². The van der Waals surface area contributed by atoms with E-state index in [2.05, 4.69) is 32.1 Å². The number of fused-ring (bicyclic) bond motifs is 1. The fraction of sp³-hybridized carbons (Fsp3) is 0.375. The van der Waals surface area contributed by atoms with E-state index in [-0.39, 0.29) is 28.9 Å². The molecule has 2 aromatic heterocycles. The second-order valence-corrected chi connectivity index (χ2v) is 10.7. The summed E-state index contributed by atoms with van der Waals surface area (Å²) in [5.74, 6) is 0.195. The van der Waals surface area contributed by atoms with Gasteiger partial charge in [-0.3, -0.25) is 0 Å². The number of aromatic nitrogens is 3. The molecule has 0 amide bonds. The number of sulfone groups is 1. The third-order valence-electron chi connectivity index (χ3n) is 5.62.